The number of rotatable bonds is 5. The Bertz CT molecular complexity index is 464. The van der Waals surface area contributed by atoms with E-state index in [1.165, 1.54) is 0 Å². The normalized spacial score (nSPS) is 17.1. The Morgan fingerprint density at radius 2 is 2.10 bits per heavy atom. The van der Waals surface area contributed by atoms with Gasteiger partial charge in [-0.3, -0.25) is 9.59 Å². The molecular weight excluding hydrogens is 282 g/mol. The van der Waals surface area contributed by atoms with Gasteiger partial charge in [0.15, 0.2) is 0 Å². The average Bonchev–Trinajstić information content (AvgIpc) is 2.85. The van der Waals surface area contributed by atoms with Crippen LogP contribution in [0.5, 0.6) is 5.75 Å². The van der Waals surface area contributed by atoms with E-state index in [0.29, 0.717) is 37.4 Å². The summed E-state index contributed by atoms with van der Waals surface area (Å²) < 4.78 is 5.33. The van der Waals surface area contributed by atoms with Crippen molar-refractivity contribution < 1.29 is 14.3 Å². The molecule has 1 aromatic rings. The lowest BCUT2D eigenvalue weighted by atomic mass is 10.2. The summed E-state index contributed by atoms with van der Waals surface area (Å²) in [5, 5.41) is 5.38. The number of nitrogens with one attached hydrogen (secondary N) is 2. The highest BCUT2D eigenvalue weighted by Crippen LogP contribution is 2.16. The number of hydrogen-bond donors (Lipinski definition) is 3. The fourth-order valence-corrected chi connectivity index (χ4v) is 1.85. The molecule has 0 radical (unpaired) electrons. The minimum Gasteiger partial charge on any atom is -0.492 e. The monoisotopic (exact) mass is 299 g/mol. The van der Waals surface area contributed by atoms with Crippen LogP contribution in [0.4, 0.5) is 5.69 Å². The van der Waals surface area contributed by atoms with E-state index in [1.807, 2.05) is 0 Å². The van der Waals surface area contributed by atoms with Gasteiger partial charge in [-0.15, -0.1) is 12.4 Å². The predicted octanol–water partition coefficient (Wildman–Crippen LogP) is 0.663. The minimum absolute atomic E-state index is 0. The largest absolute Gasteiger partial charge is 0.492 e. The van der Waals surface area contributed by atoms with Gasteiger partial charge in [0.1, 0.15) is 18.4 Å². The molecule has 1 aromatic carbocycles. The summed E-state index contributed by atoms with van der Waals surface area (Å²) in [6, 6.07) is 6.60. The summed E-state index contributed by atoms with van der Waals surface area (Å²) in [5.74, 6) is 0.435. The lowest BCUT2D eigenvalue weighted by molar-refractivity contribution is -0.122. The van der Waals surface area contributed by atoms with Crippen LogP contribution in [0.1, 0.15) is 12.8 Å². The SMILES string of the molecule is Cl.NCCOc1ccc(NC(=O)C2CCC(=O)N2)cc1. The first kappa shape index (κ1) is 16.3. The quantitative estimate of drug-likeness (QED) is 0.744. The molecule has 1 aliphatic heterocycles. The second kappa shape index (κ2) is 7.72. The fraction of sp³-hybridized carbons (Fsp3) is 0.385. The third kappa shape index (κ3) is 4.40. The van der Waals surface area contributed by atoms with Crippen molar-refractivity contribution in [2.24, 2.45) is 5.73 Å². The predicted molar refractivity (Wildman–Crippen MR) is 78.0 cm³/mol. The molecule has 0 aliphatic carbocycles. The first-order chi connectivity index (χ1) is 9.19. The van der Waals surface area contributed by atoms with Crippen LogP contribution >= 0.6 is 12.4 Å². The second-order valence-corrected chi connectivity index (χ2v) is 4.31. The van der Waals surface area contributed by atoms with E-state index in [2.05, 4.69) is 10.6 Å². The lowest BCUT2D eigenvalue weighted by Gasteiger charge is -2.11. The van der Waals surface area contributed by atoms with Crippen molar-refractivity contribution in [3.05, 3.63) is 24.3 Å². The third-order valence-corrected chi connectivity index (χ3v) is 2.82. The van der Waals surface area contributed by atoms with Gasteiger partial charge in [0.25, 0.3) is 0 Å². The second-order valence-electron chi connectivity index (χ2n) is 4.31. The highest BCUT2D eigenvalue weighted by molar-refractivity contribution is 5.98. The van der Waals surface area contributed by atoms with Crippen LogP contribution in [0.2, 0.25) is 0 Å². The topological polar surface area (TPSA) is 93.4 Å². The summed E-state index contributed by atoms with van der Waals surface area (Å²) in [4.78, 5) is 22.9. The Morgan fingerprint density at radius 1 is 1.40 bits per heavy atom. The third-order valence-electron chi connectivity index (χ3n) is 2.82. The van der Waals surface area contributed by atoms with Gasteiger partial charge in [-0.25, -0.2) is 0 Å². The molecule has 2 amide bonds. The van der Waals surface area contributed by atoms with Crippen molar-refractivity contribution in [1.29, 1.82) is 0 Å². The van der Waals surface area contributed by atoms with Crippen molar-refractivity contribution in [3.8, 4) is 5.75 Å². The number of anilines is 1. The van der Waals surface area contributed by atoms with E-state index >= 15 is 0 Å². The van der Waals surface area contributed by atoms with Gasteiger partial charge in [0, 0.05) is 18.7 Å². The number of nitrogens with two attached hydrogens (primary N) is 1. The molecule has 1 unspecified atom stereocenters. The van der Waals surface area contributed by atoms with Gasteiger partial charge >= 0.3 is 0 Å². The summed E-state index contributed by atoms with van der Waals surface area (Å²) in [6.45, 7) is 0.916. The summed E-state index contributed by atoms with van der Waals surface area (Å²) in [6.07, 6.45) is 0.951. The van der Waals surface area contributed by atoms with Crippen LogP contribution in [-0.4, -0.2) is 31.0 Å². The van der Waals surface area contributed by atoms with Gasteiger partial charge in [-0.05, 0) is 30.7 Å². The summed E-state index contributed by atoms with van der Waals surface area (Å²) in [5.41, 5.74) is 6.01. The van der Waals surface area contributed by atoms with E-state index in [9.17, 15) is 9.59 Å². The first-order valence-corrected chi connectivity index (χ1v) is 6.22. The number of amides is 2. The van der Waals surface area contributed by atoms with Crippen LogP contribution in [-0.2, 0) is 9.59 Å². The van der Waals surface area contributed by atoms with E-state index in [-0.39, 0.29) is 24.2 Å². The molecule has 1 atom stereocenters. The smallest absolute Gasteiger partial charge is 0.246 e. The zero-order valence-corrected chi connectivity index (χ0v) is 11.7. The van der Waals surface area contributed by atoms with Gasteiger partial charge < -0.3 is 21.1 Å². The minimum atomic E-state index is -0.430. The Hall–Kier alpha value is -1.79. The van der Waals surface area contributed by atoms with Gasteiger partial charge in [0.2, 0.25) is 11.8 Å². The number of carbonyl (C=O) groups excluding carboxylic acids is 2. The molecule has 0 aromatic heterocycles. The van der Waals surface area contributed by atoms with Crippen molar-refractivity contribution in [2.75, 3.05) is 18.5 Å². The highest BCUT2D eigenvalue weighted by Gasteiger charge is 2.26. The Morgan fingerprint density at radius 3 is 2.65 bits per heavy atom. The number of benzene rings is 1. The van der Waals surface area contributed by atoms with E-state index in [4.69, 9.17) is 10.5 Å². The molecular formula is C13H18ClN3O3. The fourth-order valence-electron chi connectivity index (χ4n) is 1.85. The standard InChI is InChI=1S/C13H17N3O3.ClH/c14-7-8-19-10-3-1-9(2-4-10)15-13(18)11-5-6-12(17)16-11;/h1-4,11H,5-8,14H2,(H,15,18)(H,16,17);1H. The molecule has 20 heavy (non-hydrogen) atoms. The number of ether oxygens (including phenoxy) is 1. The molecule has 0 bridgehead atoms. The lowest BCUT2D eigenvalue weighted by Crippen LogP contribution is -2.37. The maximum absolute atomic E-state index is 11.8. The maximum atomic E-state index is 11.8. The van der Waals surface area contributed by atoms with Crippen LogP contribution in [0, 0.1) is 0 Å². The number of halogens is 1. The number of carbonyl (C=O) groups is 2. The molecule has 0 saturated carbocycles. The van der Waals surface area contributed by atoms with Crippen LogP contribution in [0.15, 0.2) is 24.3 Å². The highest BCUT2D eigenvalue weighted by atomic mass is 35.5. The molecule has 7 heteroatoms. The molecule has 1 fully saturated rings. The van der Waals surface area contributed by atoms with Crippen molar-refractivity contribution in [1.82, 2.24) is 5.32 Å². The van der Waals surface area contributed by atoms with Gasteiger partial charge in [0.05, 0.1) is 0 Å². The Labute approximate surface area is 123 Å². The summed E-state index contributed by atoms with van der Waals surface area (Å²) >= 11 is 0. The van der Waals surface area contributed by atoms with Crippen LogP contribution < -0.4 is 21.1 Å². The van der Waals surface area contributed by atoms with Crippen molar-refractivity contribution in [3.63, 3.8) is 0 Å². The molecule has 4 N–H and O–H groups in total. The molecule has 1 heterocycles. The number of hydrogen-bond acceptors (Lipinski definition) is 4. The Balaban J connectivity index is 0.00000200. The zero-order chi connectivity index (χ0) is 13.7. The van der Waals surface area contributed by atoms with Crippen LogP contribution in [0.25, 0.3) is 0 Å². The molecule has 0 spiro atoms. The van der Waals surface area contributed by atoms with Gasteiger partial charge in [-0.2, -0.15) is 0 Å². The van der Waals surface area contributed by atoms with Crippen molar-refractivity contribution >= 4 is 29.9 Å². The maximum Gasteiger partial charge on any atom is 0.246 e. The molecule has 110 valence electrons. The Kier molecular flexibility index (Phi) is 6.27. The molecule has 1 aliphatic rings. The average molecular weight is 300 g/mol. The van der Waals surface area contributed by atoms with Crippen molar-refractivity contribution in [2.45, 2.75) is 18.9 Å². The summed E-state index contributed by atoms with van der Waals surface area (Å²) in [7, 11) is 0. The first-order valence-electron chi connectivity index (χ1n) is 6.22. The van der Waals surface area contributed by atoms with Gasteiger partial charge in [-0.1, -0.05) is 0 Å². The zero-order valence-electron chi connectivity index (χ0n) is 10.9. The molecule has 6 nitrogen and oxygen atoms in total. The van der Waals surface area contributed by atoms with E-state index in [0.717, 1.165) is 0 Å². The molecule has 1 saturated heterocycles. The van der Waals surface area contributed by atoms with E-state index in [1.54, 1.807) is 24.3 Å². The molecule has 2 rings (SSSR count). The van der Waals surface area contributed by atoms with Crippen LogP contribution in [0.3, 0.4) is 0 Å². The van der Waals surface area contributed by atoms with E-state index < -0.39 is 6.04 Å².